The standard InChI is InChI=1S/C31H37BrN2O3/c1-21-12-10-11-15-25(21)19-34(28(35)20-37-26-16-22(2)29(32)23(3)17-26)27(30(36)33-31(4,5)6)18-24-13-8-7-9-14-24/h7-17,27H,18-20H2,1-6H3,(H,33,36). The van der Waals surface area contributed by atoms with Crippen LogP contribution in [0.25, 0.3) is 0 Å². The van der Waals surface area contributed by atoms with Crippen LogP contribution in [0.4, 0.5) is 0 Å². The van der Waals surface area contributed by atoms with Crippen molar-refractivity contribution in [1.29, 1.82) is 0 Å². The van der Waals surface area contributed by atoms with Crippen LogP contribution in [0.1, 0.15) is 48.6 Å². The van der Waals surface area contributed by atoms with Gasteiger partial charge < -0.3 is 15.0 Å². The molecule has 0 heterocycles. The van der Waals surface area contributed by atoms with E-state index in [-0.39, 0.29) is 18.4 Å². The summed E-state index contributed by atoms with van der Waals surface area (Å²) in [5, 5.41) is 3.09. The molecule has 0 bridgehead atoms. The molecule has 0 aliphatic rings. The van der Waals surface area contributed by atoms with E-state index in [1.807, 2.05) is 108 Å². The van der Waals surface area contributed by atoms with Gasteiger partial charge in [0.05, 0.1) is 0 Å². The number of aryl methyl sites for hydroxylation is 3. The molecular formula is C31H37BrN2O3. The summed E-state index contributed by atoms with van der Waals surface area (Å²) in [6, 6.07) is 20.9. The zero-order chi connectivity index (χ0) is 27.2. The van der Waals surface area contributed by atoms with Gasteiger partial charge in [-0.05, 0) is 81.5 Å². The Bertz CT molecular complexity index is 1210. The number of benzene rings is 3. The maximum atomic E-state index is 13.8. The fourth-order valence-corrected chi connectivity index (χ4v) is 4.42. The molecule has 3 rings (SSSR count). The predicted molar refractivity (Wildman–Crippen MR) is 153 cm³/mol. The molecule has 0 aromatic heterocycles. The van der Waals surface area contributed by atoms with Crippen molar-refractivity contribution in [2.75, 3.05) is 6.61 Å². The topological polar surface area (TPSA) is 58.6 Å². The molecule has 0 fully saturated rings. The molecule has 1 N–H and O–H groups in total. The number of amides is 2. The van der Waals surface area contributed by atoms with Crippen molar-refractivity contribution in [1.82, 2.24) is 10.2 Å². The Morgan fingerprint density at radius 3 is 2.11 bits per heavy atom. The molecule has 3 aromatic carbocycles. The summed E-state index contributed by atoms with van der Waals surface area (Å²) in [5.41, 5.74) is 4.67. The number of nitrogens with one attached hydrogen (secondary N) is 1. The van der Waals surface area contributed by atoms with Crippen molar-refractivity contribution in [2.45, 2.75) is 66.1 Å². The van der Waals surface area contributed by atoms with Crippen LogP contribution in [-0.4, -0.2) is 34.9 Å². The molecule has 0 saturated carbocycles. The van der Waals surface area contributed by atoms with E-state index in [9.17, 15) is 9.59 Å². The molecule has 0 aliphatic heterocycles. The number of nitrogens with zero attached hydrogens (tertiary/aromatic N) is 1. The molecule has 1 atom stereocenters. The Morgan fingerprint density at radius 1 is 0.919 bits per heavy atom. The Kier molecular flexibility index (Phi) is 9.55. The van der Waals surface area contributed by atoms with E-state index in [1.54, 1.807) is 4.90 Å². The van der Waals surface area contributed by atoms with Gasteiger partial charge in [0, 0.05) is 23.0 Å². The number of ether oxygens (including phenoxy) is 1. The molecular weight excluding hydrogens is 528 g/mol. The third-order valence-electron chi connectivity index (χ3n) is 6.14. The lowest BCUT2D eigenvalue weighted by molar-refractivity contribution is -0.143. The molecule has 3 aromatic rings. The highest BCUT2D eigenvalue weighted by molar-refractivity contribution is 9.10. The largest absolute Gasteiger partial charge is 0.484 e. The number of halogens is 1. The van der Waals surface area contributed by atoms with E-state index in [4.69, 9.17) is 4.74 Å². The quantitative estimate of drug-likeness (QED) is 0.331. The zero-order valence-corrected chi connectivity index (χ0v) is 24.2. The van der Waals surface area contributed by atoms with Crippen LogP contribution in [0, 0.1) is 20.8 Å². The summed E-state index contributed by atoms with van der Waals surface area (Å²) in [6.07, 6.45) is 0.400. The maximum absolute atomic E-state index is 13.8. The van der Waals surface area contributed by atoms with Gasteiger partial charge in [-0.1, -0.05) is 70.5 Å². The fourth-order valence-electron chi connectivity index (χ4n) is 4.20. The molecule has 37 heavy (non-hydrogen) atoms. The minimum Gasteiger partial charge on any atom is -0.484 e. The highest BCUT2D eigenvalue weighted by Crippen LogP contribution is 2.26. The number of carbonyl (C=O) groups excluding carboxylic acids is 2. The molecule has 0 saturated heterocycles. The first-order valence-corrected chi connectivity index (χ1v) is 13.3. The van der Waals surface area contributed by atoms with Crippen LogP contribution in [0.3, 0.4) is 0 Å². The number of rotatable bonds is 9. The Hall–Kier alpha value is -3.12. The lowest BCUT2D eigenvalue weighted by Crippen LogP contribution is -2.55. The smallest absolute Gasteiger partial charge is 0.261 e. The van der Waals surface area contributed by atoms with Crippen molar-refractivity contribution in [3.05, 3.63) is 99.0 Å². The van der Waals surface area contributed by atoms with Gasteiger partial charge in [-0.3, -0.25) is 9.59 Å². The van der Waals surface area contributed by atoms with Crippen molar-refractivity contribution in [3.8, 4) is 5.75 Å². The molecule has 6 heteroatoms. The van der Waals surface area contributed by atoms with Crippen molar-refractivity contribution in [2.24, 2.45) is 0 Å². The third kappa shape index (κ3) is 8.19. The Morgan fingerprint density at radius 2 is 1.51 bits per heavy atom. The first-order valence-electron chi connectivity index (χ1n) is 12.5. The second kappa shape index (κ2) is 12.4. The van der Waals surface area contributed by atoms with E-state index >= 15 is 0 Å². The molecule has 196 valence electrons. The first-order chi connectivity index (χ1) is 17.4. The molecule has 0 aliphatic carbocycles. The predicted octanol–water partition coefficient (Wildman–Crippen LogP) is 6.31. The second-order valence-electron chi connectivity index (χ2n) is 10.6. The van der Waals surface area contributed by atoms with Crippen molar-refractivity contribution in [3.63, 3.8) is 0 Å². The average Bonchev–Trinajstić information content (AvgIpc) is 2.83. The lowest BCUT2D eigenvalue weighted by Gasteiger charge is -2.34. The average molecular weight is 566 g/mol. The number of carbonyl (C=O) groups is 2. The highest BCUT2D eigenvalue weighted by atomic mass is 79.9. The monoisotopic (exact) mass is 564 g/mol. The van der Waals surface area contributed by atoms with Gasteiger partial charge in [0.2, 0.25) is 5.91 Å². The van der Waals surface area contributed by atoms with Crippen LogP contribution < -0.4 is 10.1 Å². The fraction of sp³-hybridized carbons (Fsp3) is 0.355. The van der Waals surface area contributed by atoms with E-state index in [1.165, 1.54) is 0 Å². The molecule has 0 radical (unpaired) electrons. The summed E-state index contributed by atoms with van der Waals surface area (Å²) < 4.78 is 6.99. The molecule has 1 unspecified atom stereocenters. The molecule has 0 spiro atoms. The summed E-state index contributed by atoms with van der Waals surface area (Å²) in [5.74, 6) is 0.196. The van der Waals surface area contributed by atoms with Gasteiger partial charge in [-0.2, -0.15) is 0 Å². The normalized spacial score (nSPS) is 12.1. The Labute approximate surface area is 229 Å². The van der Waals surface area contributed by atoms with Gasteiger partial charge in [-0.15, -0.1) is 0 Å². The molecule has 5 nitrogen and oxygen atoms in total. The minimum absolute atomic E-state index is 0.166. The zero-order valence-electron chi connectivity index (χ0n) is 22.6. The van der Waals surface area contributed by atoms with Gasteiger partial charge in [0.1, 0.15) is 11.8 Å². The van der Waals surface area contributed by atoms with Crippen molar-refractivity contribution < 1.29 is 14.3 Å². The van der Waals surface area contributed by atoms with Crippen LogP contribution >= 0.6 is 15.9 Å². The van der Waals surface area contributed by atoms with Gasteiger partial charge in [-0.25, -0.2) is 0 Å². The van der Waals surface area contributed by atoms with Gasteiger partial charge >= 0.3 is 0 Å². The van der Waals surface area contributed by atoms with E-state index in [0.717, 1.165) is 32.3 Å². The first kappa shape index (κ1) is 28.5. The van der Waals surface area contributed by atoms with E-state index < -0.39 is 11.6 Å². The SMILES string of the molecule is Cc1ccccc1CN(C(=O)COc1cc(C)c(Br)c(C)c1)C(Cc1ccccc1)C(=O)NC(C)(C)C. The van der Waals surface area contributed by atoms with E-state index in [0.29, 0.717) is 18.7 Å². The number of hydrogen-bond acceptors (Lipinski definition) is 3. The number of hydrogen-bond donors (Lipinski definition) is 1. The maximum Gasteiger partial charge on any atom is 0.261 e. The summed E-state index contributed by atoms with van der Waals surface area (Å²) >= 11 is 3.58. The van der Waals surface area contributed by atoms with Crippen LogP contribution in [0.15, 0.2) is 71.2 Å². The van der Waals surface area contributed by atoms with E-state index in [2.05, 4.69) is 21.2 Å². The highest BCUT2D eigenvalue weighted by Gasteiger charge is 2.32. The minimum atomic E-state index is -0.703. The van der Waals surface area contributed by atoms with Crippen LogP contribution in [-0.2, 0) is 22.6 Å². The molecule has 2 amide bonds. The van der Waals surface area contributed by atoms with Crippen LogP contribution in [0.2, 0.25) is 0 Å². The third-order valence-corrected chi connectivity index (χ3v) is 7.39. The van der Waals surface area contributed by atoms with Gasteiger partial charge in [0.25, 0.3) is 5.91 Å². The van der Waals surface area contributed by atoms with Crippen LogP contribution in [0.5, 0.6) is 5.75 Å². The van der Waals surface area contributed by atoms with Crippen molar-refractivity contribution >= 4 is 27.7 Å². The lowest BCUT2D eigenvalue weighted by atomic mass is 10.00. The summed E-state index contributed by atoms with van der Waals surface area (Å²) in [7, 11) is 0. The summed E-state index contributed by atoms with van der Waals surface area (Å²) in [4.78, 5) is 29.1. The Balaban J connectivity index is 1.95. The van der Waals surface area contributed by atoms with Gasteiger partial charge in [0.15, 0.2) is 6.61 Å². The summed E-state index contributed by atoms with van der Waals surface area (Å²) in [6.45, 7) is 12.0. The second-order valence-corrected chi connectivity index (χ2v) is 11.3.